The van der Waals surface area contributed by atoms with Crippen LogP contribution in [0.4, 0.5) is 11.4 Å². The Hall–Kier alpha value is -1.80. The van der Waals surface area contributed by atoms with Gasteiger partial charge in [-0.15, -0.1) is 0 Å². The molecule has 2 aromatic rings. The van der Waals surface area contributed by atoms with Gasteiger partial charge in [-0.05, 0) is 55.0 Å². The second-order valence-corrected chi connectivity index (χ2v) is 5.38. The smallest absolute Gasteiger partial charge is 0.0443 e. The van der Waals surface area contributed by atoms with Gasteiger partial charge in [0, 0.05) is 24.5 Å². The van der Waals surface area contributed by atoms with Crippen LogP contribution >= 0.6 is 0 Å². The highest BCUT2D eigenvalue weighted by Gasteiger charge is 2.17. The lowest BCUT2D eigenvalue weighted by Crippen LogP contribution is -2.24. The highest BCUT2D eigenvalue weighted by atomic mass is 16.2. The average Bonchev–Trinajstić information content (AvgIpc) is 2.53. The van der Waals surface area contributed by atoms with Crippen LogP contribution < -0.4 is 4.90 Å². The van der Waals surface area contributed by atoms with Gasteiger partial charge in [-0.2, -0.15) is 0 Å². The van der Waals surface area contributed by atoms with E-state index < -0.39 is 0 Å². The minimum atomic E-state index is 0.265. The van der Waals surface area contributed by atoms with E-state index in [0.29, 0.717) is 0 Å². The predicted molar refractivity (Wildman–Crippen MR) is 83.6 cm³/mol. The molecule has 0 atom stereocenters. The number of nitrogens with zero attached hydrogens (tertiary/aromatic N) is 1. The Balaban J connectivity index is 1.83. The zero-order valence-corrected chi connectivity index (χ0v) is 11.8. The van der Waals surface area contributed by atoms with Crippen molar-refractivity contribution in [2.45, 2.75) is 25.7 Å². The summed E-state index contributed by atoms with van der Waals surface area (Å²) < 4.78 is 0. The third-order valence-electron chi connectivity index (χ3n) is 3.98. The van der Waals surface area contributed by atoms with Crippen molar-refractivity contribution in [2.75, 3.05) is 18.1 Å². The van der Waals surface area contributed by atoms with E-state index >= 15 is 0 Å². The minimum Gasteiger partial charge on any atom is -0.396 e. The van der Waals surface area contributed by atoms with E-state index in [1.54, 1.807) is 0 Å². The Morgan fingerprint density at radius 2 is 1.80 bits per heavy atom. The number of hydrogen-bond donors (Lipinski definition) is 1. The van der Waals surface area contributed by atoms with Crippen molar-refractivity contribution in [3.63, 3.8) is 0 Å². The van der Waals surface area contributed by atoms with Gasteiger partial charge in [-0.3, -0.25) is 0 Å². The van der Waals surface area contributed by atoms with Crippen molar-refractivity contribution < 1.29 is 5.11 Å². The predicted octanol–water partition coefficient (Wildman–Crippen LogP) is 3.70. The Morgan fingerprint density at radius 1 is 1.00 bits per heavy atom. The second kappa shape index (κ2) is 6.10. The van der Waals surface area contributed by atoms with Crippen LogP contribution in [0.2, 0.25) is 0 Å². The van der Waals surface area contributed by atoms with E-state index in [1.165, 1.54) is 35.3 Å². The molecule has 0 amide bonds. The molecule has 0 saturated heterocycles. The highest BCUT2D eigenvalue weighted by Crippen LogP contribution is 2.33. The van der Waals surface area contributed by atoms with Gasteiger partial charge in [0.2, 0.25) is 0 Å². The third-order valence-corrected chi connectivity index (χ3v) is 3.98. The van der Waals surface area contributed by atoms with Crippen molar-refractivity contribution in [1.82, 2.24) is 0 Å². The fourth-order valence-corrected chi connectivity index (χ4v) is 2.93. The van der Waals surface area contributed by atoms with E-state index in [-0.39, 0.29) is 6.61 Å². The molecule has 0 radical (unpaired) electrons. The maximum absolute atomic E-state index is 8.89. The summed E-state index contributed by atoms with van der Waals surface area (Å²) in [5, 5.41) is 8.89. The molecule has 3 rings (SSSR count). The molecule has 2 heteroatoms. The number of hydrogen-bond acceptors (Lipinski definition) is 2. The average molecular weight is 267 g/mol. The fraction of sp³-hybridized carbons (Fsp3) is 0.333. The number of anilines is 2. The molecule has 2 aromatic carbocycles. The van der Waals surface area contributed by atoms with Crippen LogP contribution in [0.15, 0.2) is 48.5 Å². The number of benzene rings is 2. The van der Waals surface area contributed by atoms with Crippen LogP contribution in [0.5, 0.6) is 0 Å². The Morgan fingerprint density at radius 3 is 2.60 bits per heavy atom. The van der Waals surface area contributed by atoms with E-state index in [4.69, 9.17) is 5.11 Å². The van der Waals surface area contributed by atoms with Crippen molar-refractivity contribution in [3.8, 4) is 0 Å². The van der Waals surface area contributed by atoms with Crippen LogP contribution in [-0.4, -0.2) is 18.3 Å². The van der Waals surface area contributed by atoms with Gasteiger partial charge in [-0.25, -0.2) is 0 Å². The minimum absolute atomic E-state index is 0.265. The van der Waals surface area contributed by atoms with Crippen LogP contribution in [0.1, 0.15) is 24.0 Å². The normalized spacial score (nSPS) is 14.2. The summed E-state index contributed by atoms with van der Waals surface area (Å²) in [4.78, 5) is 2.41. The highest BCUT2D eigenvalue weighted by molar-refractivity contribution is 5.67. The fourth-order valence-electron chi connectivity index (χ4n) is 2.93. The summed E-state index contributed by atoms with van der Waals surface area (Å²) in [7, 11) is 0. The molecule has 2 nitrogen and oxygen atoms in total. The Bertz CT molecular complexity index is 562. The molecule has 0 aliphatic carbocycles. The van der Waals surface area contributed by atoms with Crippen LogP contribution in [0.25, 0.3) is 0 Å². The van der Waals surface area contributed by atoms with Gasteiger partial charge >= 0.3 is 0 Å². The van der Waals surface area contributed by atoms with Crippen LogP contribution in [-0.2, 0) is 12.8 Å². The largest absolute Gasteiger partial charge is 0.396 e. The van der Waals surface area contributed by atoms with Gasteiger partial charge in [0.1, 0.15) is 0 Å². The Kier molecular flexibility index (Phi) is 4.03. The molecule has 104 valence electrons. The van der Waals surface area contributed by atoms with E-state index in [1.807, 2.05) is 0 Å². The van der Waals surface area contributed by atoms with Crippen LogP contribution in [0, 0.1) is 0 Å². The topological polar surface area (TPSA) is 23.5 Å². The third kappa shape index (κ3) is 2.70. The van der Waals surface area contributed by atoms with Gasteiger partial charge in [0.15, 0.2) is 0 Å². The number of aryl methyl sites for hydroxylation is 2. The molecule has 1 heterocycles. The summed E-state index contributed by atoms with van der Waals surface area (Å²) in [5.74, 6) is 0. The molecule has 0 fully saturated rings. The molecule has 0 saturated carbocycles. The molecule has 0 unspecified atom stereocenters. The molecule has 0 spiro atoms. The number of fused-ring (bicyclic) bond motifs is 1. The zero-order valence-electron chi connectivity index (χ0n) is 11.8. The quantitative estimate of drug-likeness (QED) is 0.913. The molecular formula is C18H21NO. The first-order valence-electron chi connectivity index (χ1n) is 7.44. The van der Waals surface area contributed by atoms with Crippen LogP contribution in [0.3, 0.4) is 0 Å². The summed E-state index contributed by atoms with van der Waals surface area (Å²) in [6.45, 7) is 1.36. The Labute approximate surface area is 120 Å². The first kappa shape index (κ1) is 13.2. The van der Waals surface area contributed by atoms with E-state index in [9.17, 15) is 0 Å². The summed E-state index contributed by atoms with van der Waals surface area (Å²) in [5.41, 5.74) is 5.36. The van der Waals surface area contributed by atoms with Gasteiger partial charge in [0.05, 0.1) is 0 Å². The van der Waals surface area contributed by atoms with Gasteiger partial charge < -0.3 is 10.0 Å². The monoisotopic (exact) mass is 267 g/mol. The molecule has 20 heavy (non-hydrogen) atoms. The van der Waals surface area contributed by atoms with Crippen molar-refractivity contribution in [3.05, 3.63) is 59.7 Å². The zero-order chi connectivity index (χ0) is 13.8. The molecular weight excluding hydrogens is 246 g/mol. The number of rotatable bonds is 4. The maximum Gasteiger partial charge on any atom is 0.0443 e. The first-order chi connectivity index (χ1) is 9.88. The number of aliphatic hydroxyl groups is 1. The first-order valence-corrected chi connectivity index (χ1v) is 7.44. The molecule has 1 N–H and O–H groups in total. The lowest BCUT2D eigenvalue weighted by molar-refractivity contribution is 0.288. The standard InChI is InChI=1S/C18H21NO/c20-14-4-5-15-9-11-17(12-10-15)19-13-3-7-16-6-1-2-8-18(16)19/h1-2,6,8-12,20H,3-5,7,13-14H2. The summed E-state index contributed by atoms with van der Waals surface area (Å²) in [6, 6.07) is 17.5. The van der Waals surface area contributed by atoms with Gasteiger partial charge in [0.25, 0.3) is 0 Å². The lowest BCUT2D eigenvalue weighted by Gasteiger charge is -2.31. The second-order valence-electron chi connectivity index (χ2n) is 5.38. The molecule has 0 bridgehead atoms. The van der Waals surface area contributed by atoms with Gasteiger partial charge in [-0.1, -0.05) is 30.3 Å². The molecule has 0 aromatic heterocycles. The number of aliphatic hydroxyl groups excluding tert-OH is 1. The lowest BCUT2D eigenvalue weighted by atomic mass is 10.0. The molecule has 1 aliphatic heterocycles. The summed E-state index contributed by atoms with van der Waals surface area (Å²) >= 11 is 0. The number of para-hydroxylation sites is 1. The van der Waals surface area contributed by atoms with Crippen molar-refractivity contribution >= 4 is 11.4 Å². The van der Waals surface area contributed by atoms with Crippen molar-refractivity contribution in [2.24, 2.45) is 0 Å². The SMILES string of the molecule is OCCCc1ccc(N2CCCc3ccccc32)cc1. The van der Waals surface area contributed by atoms with E-state index in [2.05, 4.69) is 53.4 Å². The van der Waals surface area contributed by atoms with E-state index in [0.717, 1.165) is 19.4 Å². The molecule has 1 aliphatic rings. The summed E-state index contributed by atoms with van der Waals surface area (Å²) in [6.07, 6.45) is 4.18. The van der Waals surface area contributed by atoms with Crippen molar-refractivity contribution in [1.29, 1.82) is 0 Å². The maximum atomic E-state index is 8.89.